The molecule has 5 heteroatoms. The van der Waals surface area contributed by atoms with E-state index in [2.05, 4.69) is 33.9 Å². The van der Waals surface area contributed by atoms with Crippen molar-refractivity contribution >= 4 is 41.7 Å². The van der Waals surface area contributed by atoms with Crippen molar-refractivity contribution < 1.29 is 8.84 Å². The lowest BCUT2D eigenvalue weighted by Gasteiger charge is -2.36. The van der Waals surface area contributed by atoms with Crippen LogP contribution in [0.2, 0.25) is 23.2 Å². The minimum absolute atomic E-state index is 0.0844. The molecule has 25 heavy (non-hydrogen) atoms. The Balaban J connectivity index is 2.19. The number of halogens is 1. The molecule has 0 saturated carbocycles. The summed E-state index contributed by atoms with van der Waals surface area (Å²) >= 11 is 6.26. The Hall–Kier alpha value is -1.78. The largest absolute Gasteiger partial charge is 0.543 e. The molecule has 0 radical (unpaired) electrons. The number of rotatable bonds is 2. The first-order valence-electron chi connectivity index (χ1n) is 8.35. The van der Waals surface area contributed by atoms with Gasteiger partial charge < -0.3 is 8.84 Å². The molecule has 0 aliphatic rings. The van der Waals surface area contributed by atoms with E-state index >= 15 is 0 Å². The van der Waals surface area contributed by atoms with Crippen molar-refractivity contribution in [2.24, 2.45) is 0 Å². The first kappa shape index (κ1) is 18.0. The molecule has 0 aliphatic carbocycles. The zero-order chi connectivity index (χ0) is 18.6. The van der Waals surface area contributed by atoms with Crippen molar-refractivity contribution in [2.45, 2.75) is 45.8 Å². The van der Waals surface area contributed by atoms with Gasteiger partial charge in [-0.1, -0.05) is 32.4 Å². The predicted molar refractivity (Wildman–Crippen MR) is 108 cm³/mol. The highest BCUT2D eigenvalue weighted by molar-refractivity contribution is 6.74. The van der Waals surface area contributed by atoms with E-state index < -0.39 is 8.32 Å². The van der Waals surface area contributed by atoms with Crippen LogP contribution in [-0.4, -0.2) is 8.32 Å². The van der Waals surface area contributed by atoms with Gasteiger partial charge in [-0.05, 0) is 61.0 Å². The third-order valence-electron chi connectivity index (χ3n) is 5.14. The fraction of sp³-hybridized carbons (Fsp3) is 0.350. The maximum Gasteiger partial charge on any atom is 0.344 e. The molecule has 0 unspecified atom stereocenters. The molecule has 0 fully saturated rings. The minimum atomic E-state index is -1.97. The molecule has 3 aromatic rings. The average molecular weight is 375 g/mol. The van der Waals surface area contributed by atoms with E-state index in [9.17, 15) is 4.79 Å². The monoisotopic (exact) mass is 374 g/mol. The molecule has 1 heterocycles. The van der Waals surface area contributed by atoms with E-state index in [4.69, 9.17) is 20.4 Å². The molecular formula is C20H23ClO3Si. The Kier molecular flexibility index (Phi) is 4.24. The van der Waals surface area contributed by atoms with Crippen LogP contribution in [0.4, 0.5) is 0 Å². The second-order valence-corrected chi connectivity index (χ2v) is 13.2. The molecule has 3 rings (SSSR count). The van der Waals surface area contributed by atoms with Crippen molar-refractivity contribution in [2.75, 3.05) is 0 Å². The number of hydrogen-bond donors (Lipinski definition) is 0. The number of benzene rings is 2. The summed E-state index contributed by atoms with van der Waals surface area (Å²) in [6.07, 6.45) is 0. The topological polar surface area (TPSA) is 39.4 Å². The lowest BCUT2D eigenvalue weighted by atomic mass is 10.1. The fourth-order valence-corrected chi connectivity index (χ4v) is 3.73. The molecule has 1 aromatic heterocycles. The summed E-state index contributed by atoms with van der Waals surface area (Å²) in [6.45, 7) is 12.8. The molecule has 0 spiro atoms. The third-order valence-corrected chi connectivity index (χ3v) is 9.91. The van der Waals surface area contributed by atoms with E-state index in [0.29, 0.717) is 21.7 Å². The van der Waals surface area contributed by atoms with Crippen LogP contribution in [0.15, 0.2) is 39.5 Å². The smallest absolute Gasteiger partial charge is 0.344 e. The van der Waals surface area contributed by atoms with Gasteiger partial charge in [0.15, 0.2) is 0 Å². The van der Waals surface area contributed by atoms with Gasteiger partial charge in [-0.15, -0.1) is 0 Å². The highest BCUT2D eigenvalue weighted by Gasteiger charge is 2.39. The standard InChI is InChI=1S/C20H23ClO3Si/c1-12-9-18-15(11-17(12)21)14-8-7-13(10-16(14)19(22)23-18)24-25(5,6)20(2,3)4/h7-11H,1-6H3. The minimum Gasteiger partial charge on any atom is -0.543 e. The quantitative estimate of drug-likeness (QED) is 0.300. The maximum absolute atomic E-state index is 12.5. The van der Waals surface area contributed by atoms with Gasteiger partial charge in [0.25, 0.3) is 0 Å². The van der Waals surface area contributed by atoms with E-state index in [1.165, 1.54) is 0 Å². The van der Waals surface area contributed by atoms with Crippen molar-refractivity contribution in [1.29, 1.82) is 0 Å². The zero-order valence-corrected chi connectivity index (χ0v) is 17.2. The van der Waals surface area contributed by atoms with E-state index in [-0.39, 0.29) is 10.7 Å². The Bertz CT molecular complexity index is 1030. The SMILES string of the molecule is Cc1cc2oc(=O)c3cc(O[Si](C)(C)C(C)(C)C)ccc3c2cc1Cl. The van der Waals surface area contributed by atoms with Crippen molar-refractivity contribution in [1.82, 2.24) is 0 Å². The molecule has 0 saturated heterocycles. The lowest BCUT2D eigenvalue weighted by Crippen LogP contribution is -2.43. The van der Waals surface area contributed by atoms with E-state index in [1.54, 1.807) is 12.1 Å². The molecule has 0 N–H and O–H groups in total. The first-order valence-corrected chi connectivity index (χ1v) is 11.6. The Labute approximate surface area is 153 Å². The number of hydrogen-bond acceptors (Lipinski definition) is 3. The molecule has 3 nitrogen and oxygen atoms in total. The summed E-state index contributed by atoms with van der Waals surface area (Å²) < 4.78 is 11.8. The van der Waals surface area contributed by atoms with Crippen molar-refractivity contribution in [3.8, 4) is 5.75 Å². The van der Waals surface area contributed by atoms with Gasteiger partial charge in [0.1, 0.15) is 11.3 Å². The zero-order valence-electron chi connectivity index (χ0n) is 15.5. The number of fused-ring (bicyclic) bond motifs is 3. The van der Waals surface area contributed by atoms with Crippen molar-refractivity contribution in [3.05, 3.63) is 51.3 Å². The van der Waals surface area contributed by atoms with Gasteiger partial charge in [0.2, 0.25) is 8.32 Å². The summed E-state index contributed by atoms with van der Waals surface area (Å²) in [4.78, 5) is 12.5. The van der Waals surface area contributed by atoms with Gasteiger partial charge in [-0.3, -0.25) is 0 Å². The van der Waals surface area contributed by atoms with Crippen LogP contribution in [-0.2, 0) is 0 Å². The van der Waals surface area contributed by atoms with Crippen LogP contribution in [0.25, 0.3) is 21.7 Å². The Morgan fingerprint density at radius 3 is 2.36 bits per heavy atom. The molecule has 0 aliphatic heterocycles. The molecule has 2 aromatic carbocycles. The second-order valence-electron chi connectivity index (χ2n) is 8.06. The van der Waals surface area contributed by atoms with Crippen LogP contribution in [0.3, 0.4) is 0 Å². The molecule has 0 amide bonds. The summed E-state index contributed by atoms with van der Waals surface area (Å²) in [5.41, 5.74) is 1.08. The second kappa shape index (κ2) is 5.89. The maximum atomic E-state index is 12.5. The van der Waals surface area contributed by atoms with Gasteiger partial charge in [0.05, 0.1) is 5.39 Å². The lowest BCUT2D eigenvalue weighted by molar-refractivity contribution is 0.492. The van der Waals surface area contributed by atoms with Gasteiger partial charge in [-0.25, -0.2) is 4.79 Å². The molecule has 0 bridgehead atoms. The van der Waals surface area contributed by atoms with Crippen LogP contribution in [0.5, 0.6) is 5.75 Å². The molecular weight excluding hydrogens is 352 g/mol. The predicted octanol–water partition coefficient (Wildman–Crippen LogP) is 6.29. The van der Waals surface area contributed by atoms with Crippen LogP contribution in [0, 0.1) is 6.92 Å². The Morgan fingerprint density at radius 2 is 1.72 bits per heavy atom. The first-order chi connectivity index (χ1) is 11.5. The average Bonchev–Trinajstić information content (AvgIpc) is 2.48. The third kappa shape index (κ3) is 3.21. The highest BCUT2D eigenvalue weighted by atomic mass is 35.5. The molecule has 132 valence electrons. The Morgan fingerprint density at radius 1 is 1.04 bits per heavy atom. The summed E-state index contributed by atoms with van der Waals surface area (Å²) in [5, 5.41) is 2.92. The van der Waals surface area contributed by atoms with E-state index in [1.807, 2.05) is 25.1 Å². The normalized spacial score (nSPS) is 12.8. The summed E-state index contributed by atoms with van der Waals surface area (Å²) in [7, 11) is -1.97. The van der Waals surface area contributed by atoms with Gasteiger partial charge >= 0.3 is 5.63 Å². The summed E-state index contributed by atoms with van der Waals surface area (Å²) in [6, 6.07) is 9.29. The number of aryl methyl sites for hydroxylation is 1. The van der Waals surface area contributed by atoms with Gasteiger partial charge in [0, 0.05) is 15.8 Å². The van der Waals surface area contributed by atoms with Crippen LogP contribution >= 0.6 is 11.6 Å². The van der Waals surface area contributed by atoms with Gasteiger partial charge in [-0.2, -0.15) is 0 Å². The van der Waals surface area contributed by atoms with E-state index in [0.717, 1.165) is 16.3 Å². The fourth-order valence-electron chi connectivity index (χ4n) is 2.54. The van der Waals surface area contributed by atoms with Crippen molar-refractivity contribution in [3.63, 3.8) is 0 Å². The highest BCUT2D eigenvalue weighted by Crippen LogP contribution is 2.38. The summed E-state index contributed by atoms with van der Waals surface area (Å²) in [5.74, 6) is 0.712. The van der Waals surface area contributed by atoms with Crippen LogP contribution in [0.1, 0.15) is 26.3 Å². The van der Waals surface area contributed by atoms with Crippen LogP contribution < -0.4 is 10.1 Å². The molecule has 0 atom stereocenters.